The summed E-state index contributed by atoms with van der Waals surface area (Å²) in [5, 5.41) is 5.85. The molecule has 9 atom stereocenters. The summed E-state index contributed by atoms with van der Waals surface area (Å²) in [4.78, 5) is 25.0. The summed E-state index contributed by atoms with van der Waals surface area (Å²) in [5.74, 6) is -0.662. The molecular formula is C24H35F3N2O2. The Morgan fingerprint density at radius 3 is 2.52 bits per heavy atom. The Morgan fingerprint density at radius 2 is 1.84 bits per heavy atom. The van der Waals surface area contributed by atoms with Crippen molar-refractivity contribution in [1.82, 2.24) is 10.6 Å². The second kappa shape index (κ2) is 7.51. The van der Waals surface area contributed by atoms with Crippen molar-refractivity contribution < 1.29 is 22.8 Å². The van der Waals surface area contributed by atoms with Gasteiger partial charge in [0.1, 0.15) is 0 Å². The van der Waals surface area contributed by atoms with Crippen molar-refractivity contribution in [3.63, 3.8) is 0 Å². The Balaban J connectivity index is 1.50. The van der Waals surface area contributed by atoms with E-state index < -0.39 is 18.1 Å². The molecular weight excluding hydrogens is 405 g/mol. The van der Waals surface area contributed by atoms with Gasteiger partial charge in [0.15, 0.2) is 0 Å². The minimum atomic E-state index is -4.32. The average molecular weight is 441 g/mol. The number of alkyl halides is 3. The number of carbonyl (C=O) groups is 2. The standard InChI is InChI=1S/C24H35F3N2O2/c1-13(24(25,26)27)14(2)28-21(31)18-7-6-16-15-5-8-19-23(4,12-10-20(30)29-19)17(15)9-11-22(16,18)3/h10,12-19H,5-9,11H2,1-4H3,(H,28,31)(H,29,30)/t13?,14?,15-,16-,17+,18?,19?,22-,23+/m0/s1. The van der Waals surface area contributed by atoms with Crippen LogP contribution in [0.4, 0.5) is 13.2 Å². The minimum Gasteiger partial charge on any atom is -0.353 e. The second-order valence-corrected chi connectivity index (χ2v) is 11.0. The molecule has 2 amide bonds. The van der Waals surface area contributed by atoms with Crippen LogP contribution in [0.2, 0.25) is 0 Å². The van der Waals surface area contributed by atoms with Gasteiger partial charge in [-0.3, -0.25) is 9.59 Å². The van der Waals surface area contributed by atoms with Gasteiger partial charge in [0, 0.05) is 23.4 Å². The van der Waals surface area contributed by atoms with E-state index in [0.29, 0.717) is 17.8 Å². The molecule has 0 aromatic heterocycles. The SMILES string of the molecule is CC(NC(=O)C1CC[C@H]2[C@@H]3CCC4NC(=O)C=C[C@]4(C)[C@@H]3CC[C@]12C)C(C)C(F)(F)F. The number of rotatable bonds is 3. The fourth-order valence-corrected chi connectivity index (χ4v) is 7.50. The van der Waals surface area contributed by atoms with E-state index in [4.69, 9.17) is 0 Å². The molecule has 1 aliphatic heterocycles. The lowest BCUT2D eigenvalue weighted by Gasteiger charge is -2.58. The smallest absolute Gasteiger partial charge is 0.353 e. The third-order valence-electron chi connectivity index (χ3n) is 9.64. The maximum absolute atomic E-state index is 13.1. The molecule has 0 aromatic carbocycles. The molecule has 0 radical (unpaired) electrons. The van der Waals surface area contributed by atoms with Crippen LogP contribution in [0.5, 0.6) is 0 Å². The van der Waals surface area contributed by atoms with E-state index in [1.54, 1.807) is 6.08 Å². The molecule has 3 saturated carbocycles. The summed E-state index contributed by atoms with van der Waals surface area (Å²) in [6, 6.07) is -0.766. The molecule has 0 aromatic rings. The van der Waals surface area contributed by atoms with Crippen LogP contribution in [0.25, 0.3) is 0 Å². The van der Waals surface area contributed by atoms with Crippen molar-refractivity contribution in [3.8, 4) is 0 Å². The molecule has 4 nitrogen and oxygen atoms in total. The molecule has 0 spiro atoms. The molecule has 7 heteroatoms. The van der Waals surface area contributed by atoms with Gasteiger partial charge in [-0.25, -0.2) is 0 Å². The maximum Gasteiger partial charge on any atom is 0.393 e. The van der Waals surface area contributed by atoms with Gasteiger partial charge in [0.2, 0.25) is 11.8 Å². The van der Waals surface area contributed by atoms with E-state index in [0.717, 1.165) is 45.4 Å². The summed E-state index contributed by atoms with van der Waals surface area (Å²) < 4.78 is 39.2. The van der Waals surface area contributed by atoms with Crippen molar-refractivity contribution in [2.24, 2.45) is 40.4 Å². The monoisotopic (exact) mass is 440 g/mol. The van der Waals surface area contributed by atoms with Gasteiger partial charge in [-0.15, -0.1) is 0 Å². The molecule has 2 N–H and O–H groups in total. The summed E-state index contributed by atoms with van der Waals surface area (Å²) in [6.45, 7) is 7.03. The number of hydrogen-bond donors (Lipinski definition) is 2. The Morgan fingerprint density at radius 1 is 1.13 bits per heavy atom. The van der Waals surface area contributed by atoms with Gasteiger partial charge in [-0.1, -0.05) is 26.8 Å². The van der Waals surface area contributed by atoms with E-state index in [-0.39, 0.29) is 34.6 Å². The number of carbonyl (C=O) groups excluding carboxylic acids is 2. The second-order valence-electron chi connectivity index (χ2n) is 11.0. The molecule has 0 bridgehead atoms. The Bertz CT molecular complexity index is 781. The first-order valence-corrected chi connectivity index (χ1v) is 11.7. The third-order valence-corrected chi connectivity index (χ3v) is 9.64. The van der Waals surface area contributed by atoms with Crippen LogP contribution in [0.3, 0.4) is 0 Å². The Labute approximate surface area is 182 Å². The highest BCUT2D eigenvalue weighted by molar-refractivity contribution is 5.89. The van der Waals surface area contributed by atoms with Crippen molar-refractivity contribution in [2.75, 3.05) is 0 Å². The van der Waals surface area contributed by atoms with E-state index in [1.807, 2.05) is 0 Å². The summed E-state index contributed by atoms with van der Waals surface area (Å²) in [5.41, 5.74) is -0.230. The largest absolute Gasteiger partial charge is 0.393 e. The summed E-state index contributed by atoms with van der Waals surface area (Å²) >= 11 is 0. The molecule has 3 fully saturated rings. The van der Waals surface area contributed by atoms with Crippen LogP contribution in [-0.4, -0.2) is 30.1 Å². The molecule has 4 rings (SSSR count). The predicted molar refractivity (Wildman–Crippen MR) is 112 cm³/mol. The zero-order valence-corrected chi connectivity index (χ0v) is 18.9. The maximum atomic E-state index is 13.1. The van der Waals surface area contributed by atoms with Crippen molar-refractivity contribution in [3.05, 3.63) is 12.2 Å². The number of nitrogens with one attached hydrogen (secondary N) is 2. The number of hydrogen-bond acceptors (Lipinski definition) is 2. The first-order chi connectivity index (χ1) is 14.4. The summed E-state index contributed by atoms with van der Waals surface area (Å²) in [6.07, 6.45) is 5.03. The summed E-state index contributed by atoms with van der Waals surface area (Å²) in [7, 11) is 0. The van der Waals surface area contributed by atoms with Crippen LogP contribution >= 0.6 is 0 Å². The van der Waals surface area contributed by atoms with Crippen molar-refractivity contribution in [2.45, 2.75) is 84.5 Å². The van der Waals surface area contributed by atoms with Crippen LogP contribution in [0.1, 0.15) is 66.2 Å². The lowest BCUT2D eigenvalue weighted by atomic mass is 9.48. The van der Waals surface area contributed by atoms with Gasteiger partial charge in [-0.2, -0.15) is 13.2 Å². The third kappa shape index (κ3) is 3.60. The quantitative estimate of drug-likeness (QED) is 0.674. The zero-order chi connectivity index (χ0) is 22.8. The number of fused-ring (bicyclic) bond motifs is 5. The molecule has 0 saturated heterocycles. The first-order valence-electron chi connectivity index (χ1n) is 11.7. The van der Waals surface area contributed by atoms with E-state index in [2.05, 4.69) is 30.6 Å². The van der Waals surface area contributed by atoms with Gasteiger partial charge >= 0.3 is 6.18 Å². The lowest BCUT2D eigenvalue weighted by Crippen LogP contribution is -2.59. The first kappa shape index (κ1) is 22.7. The number of halogens is 3. The zero-order valence-electron chi connectivity index (χ0n) is 18.9. The highest BCUT2D eigenvalue weighted by atomic mass is 19.4. The highest BCUT2D eigenvalue weighted by Crippen LogP contribution is 2.65. The minimum absolute atomic E-state index is 0.0126. The van der Waals surface area contributed by atoms with Gasteiger partial charge < -0.3 is 10.6 Å². The van der Waals surface area contributed by atoms with Crippen LogP contribution in [-0.2, 0) is 9.59 Å². The van der Waals surface area contributed by atoms with Crippen LogP contribution in [0, 0.1) is 40.4 Å². The molecule has 4 aliphatic rings. The van der Waals surface area contributed by atoms with E-state index in [9.17, 15) is 22.8 Å². The fraction of sp³-hybridized carbons (Fsp3) is 0.833. The van der Waals surface area contributed by atoms with Gasteiger partial charge in [0.05, 0.1) is 5.92 Å². The van der Waals surface area contributed by atoms with Crippen LogP contribution in [0.15, 0.2) is 12.2 Å². The fourth-order valence-electron chi connectivity index (χ4n) is 7.50. The van der Waals surface area contributed by atoms with Gasteiger partial charge in [0.25, 0.3) is 0 Å². The molecule has 4 unspecified atom stereocenters. The molecule has 3 aliphatic carbocycles. The molecule has 174 valence electrons. The Kier molecular flexibility index (Phi) is 5.49. The van der Waals surface area contributed by atoms with Crippen molar-refractivity contribution in [1.29, 1.82) is 0 Å². The topological polar surface area (TPSA) is 58.2 Å². The Hall–Kier alpha value is -1.53. The normalized spacial score (nSPS) is 43.8. The molecule has 31 heavy (non-hydrogen) atoms. The molecule has 1 heterocycles. The van der Waals surface area contributed by atoms with Crippen LogP contribution < -0.4 is 10.6 Å². The predicted octanol–water partition coefficient (Wildman–Crippen LogP) is 4.60. The van der Waals surface area contributed by atoms with E-state index in [1.165, 1.54) is 6.92 Å². The van der Waals surface area contributed by atoms with Crippen molar-refractivity contribution >= 4 is 11.8 Å². The average Bonchev–Trinajstić information content (AvgIpc) is 3.04. The van der Waals surface area contributed by atoms with E-state index >= 15 is 0 Å². The van der Waals surface area contributed by atoms with Gasteiger partial charge in [-0.05, 0) is 74.7 Å². The number of amides is 2. The highest BCUT2D eigenvalue weighted by Gasteiger charge is 2.61. The lowest BCUT2D eigenvalue weighted by molar-refractivity contribution is -0.177.